The molecule has 3 nitrogen and oxygen atoms in total. The van der Waals surface area contributed by atoms with E-state index in [-0.39, 0.29) is 11.6 Å². The Morgan fingerprint density at radius 2 is 2.36 bits per heavy atom. The largest absolute Gasteiger partial charge is 0.468 e. The molecular formula is C9H9ClFNO2. The minimum absolute atomic E-state index is 0.0138. The van der Waals surface area contributed by atoms with Crippen LogP contribution < -0.4 is 5.32 Å². The van der Waals surface area contributed by atoms with Crippen molar-refractivity contribution < 1.29 is 13.9 Å². The number of carbonyl (C=O) groups excluding carboxylic acids is 1. The van der Waals surface area contributed by atoms with Crippen LogP contribution in [0.5, 0.6) is 0 Å². The molecule has 0 fully saturated rings. The maximum atomic E-state index is 12.7. The Balaban J connectivity index is 2.60. The van der Waals surface area contributed by atoms with E-state index in [9.17, 15) is 9.18 Å². The summed E-state index contributed by atoms with van der Waals surface area (Å²) in [5.74, 6) is -0.888. The zero-order valence-corrected chi connectivity index (χ0v) is 8.27. The summed E-state index contributed by atoms with van der Waals surface area (Å²) in [6, 6.07) is 4.12. The lowest BCUT2D eigenvalue weighted by Crippen LogP contribution is -2.14. The van der Waals surface area contributed by atoms with Crippen molar-refractivity contribution in [2.24, 2.45) is 0 Å². The number of rotatable bonds is 3. The van der Waals surface area contributed by atoms with E-state index in [1.807, 2.05) is 0 Å². The van der Waals surface area contributed by atoms with Crippen LogP contribution in [0, 0.1) is 5.82 Å². The van der Waals surface area contributed by atoms with Crippen LogP contribution in [0.2, 0.25) is 5.02 Å². The molecule has 0 saturated carbocycles. The fourth-order valence-corrected chi connectivity index (χ4v) is 1.03. The number of carbonyl (C=O) groups is 1. The molecule has 0 atom stereocenters. The van der Waals surface area contributed by atoms with Crippen LogP contribution >= 0.6 is 11.6 Å². The van der Waals surface area contributed by atoms with Crippen LogP contribution in [0.3, 0.4) is 0 Å². The van der Waals surface area contributed by atoms with Gasteiger partial charge < -0.3 is 10.1 Å². The molecule has 1 N–H and O–H groups in total. The van der Waals surface area contributed by atoms with Gasteiger partial charge in [-0.15, -0.1) is 0 Å². The van der Waals surface area contributed by atoms with Crippen molar-refractivity contribution in [3.63, 3.8) is 0 Å². The summed E-state index contributed by atoms with van der Waals surface area (Å²) in [7, 11) is 1.29. The van der Waals surface area contributed by atoms with Crippen LogP contribution in [0.25, 0.3) is 0 Å². The predicted octanol–water partition coefficient (Wildman–Crippen LogP) is 2.06. The highest BCUT2D eigenvalue weighted by atomic mass is 35.5. The van der Waals surface area contributed by atoms with E-state index >= 15 is 0 Å². The van der Waals surface area contributed by atoms with E-state index in [0.717, 1.165) is 0 Å². The van der Waals surface area contributed by atoms with Gasteiger partial charge in [-0.05, 0) is 18.2 Å². The summed E-state index contributed by atoms with van der Waals surface area (Å²) in [4.78, 5) is 10.7. The SMILES string of the molecule is COC(=O)CNc1ccc(F)c(Cl)c1. The van der Waals surface area contributed by atoms with Gasteiger partial charge >= 0.3 is 5.97 Å². The van der Waals surface area contributed by atoms with E-state index in [2.05, 4.69) is 10.1 Å². The van der Waals surface area contributed by atoms with E-state index in [1.54, 1.807) is 0 Å². The van der Waals surface area contributed by atoms with E-state index < -0.39 is 11.8 Å². The molecule has 1 aromatic carbocycles. The molecule has 0 aliphatic heterocycles. The number of esters is 1. The maximum absolute atomic E-state index is 12.7. The Morgan fingerprint density at radius 3 is 2.93 bits per heavy atom. The first-order valence-corrected chi connectivity index (χ1v) is 4.27. The third-order valence-electron chi connectivity index (χ3n) is 1.58. The zero-order valence-electron chi connectivity index (χ0n) is 7.51. The topological polar surface area (TPSA) is 38.3 Å². The van der Waals surface area contributed by atoms with Gasteiger partial charge in [0.25, 0.3) is 0 Å². The Kier molecular flexibility index (Phi) is 3.71. The van der Waals surface area contributed by atoms with Gasteiger partial charge in [-0.3, -0.25) is 4.79 Å². The Bertz CT molecular complexity index is 344. The number of benzene rings is 1. The normalized spacial score (nSPS) is 9.64. The highest BCUT2D eigenvalue weighted by Crippen LogP contribution is 2.18. The lowest BCUT2D eigenvalue weighted by atomic mass is 10.3. The summed E-state index contributed by atoms with van der Waals surface area (Å²) in [6.45, 7) is 0.0263. The van der Waals surface area contributed by atoms with Crippen LogP contribution in [-0.4, -0.2) is 19.6 Å². The van der Waals surface area contributed by atoms with Crippen molar-refractivity contribution >= 4 is 23.3 Å². The molecule has 0 amide bonds. The average molecular weight is 218 g/mol. The quantitative estimate of drug-likeness (QED) is 0.788. The van der Waals surface area contributed by atoms with Crippen molar-refractivity contribution in [3.05, 3.63) is 29.0 Å². The van der Waals surface area contributed by atoms with Crippen molar-refractivity contribution in [2.45, 2.75) is 0 Å². The summed E-state index contributed by atoms with van der Waals surface area (Å²) in [6.07, 6.45) is 0. The third kappa shape index (κ3) is 2.88. The fraction of sp³-hybridized carbons (Fsp3) is 0.222. The molecule has 0 bridgehead atoms. The molecule has 0 unspecified atom stereocenters. The number of nitrogens with one attached hydrogen (secondary N) is 1. The standard InChI is InChI=1S/C9H9ClFNO2/c1-14-9(13)5-12-6-2-3-8(11)7(10)4-6/h2-4,12H,5H2,1H3. The minimum Gasteiger partial charge on any atom is -0.468 e. The molecule has 0 aliphatic carbocycles. The lowest BCUT2D eigenvalue weighted by Gasteiger charge is -2.05. The predicted molar refractivity (Wildman–Crippen MR) is 51.9 cm³/mol. The molecule has 0 heterocycles. The van der Waals surface area contributed by atoms with Gasteiger partial charge in [-0.2, -0.15) is 0 Å². The van der Waals surface area contributed by atoms with Gasteiger partial charge in [0.15, 0.2) is 0 Å². The molecule has 1 rings (SSSR count). The van der Waals surface area contributed by atoms with Crippen LogP contribution in [0.4, 0.5) is 10.1 Å². The summed E-state index contributed by atoms with van der Waals surface area (Å²) >= 11 is 5.53. The van der Waals surface area contributed by atoms with E-state index in [4.69, 9.17) is 11.6 Å². The maximum Gasteiger partial charge on any atom is 0.325 e. The monoisotopic (exact) mass is 217 g/mol. The number of methoxy groups -OCH3 is 1. The first kappa shape index (κ1) is 10.8. The van der Waals surface area contributed by atoms with Crippen LogP contribution in [0.1, 0.15) is 0 Å². The highest BCUT2D eigenvalue weighted by molar-refractivity contribution is 6.31. The van der Waals surface area contributed by atoms with Gasteiger partial charge in [0.2, 0.25) is 0 Å². The molecule has 0 aromatic heterocycles. The Hall–Kier alpha value is -1.29. The second kappa shape index (κ2) is 4.81. The molecule has 0 radical (unpaired) electrons. The number of ether oxygens (including phenoxy) is 1. The Morgan fingerprint density at radius 1 is 1.64 bits per heavy atom. The lowest BCUT2D eigenvalue weighted by molar-refractivity contribution is -0.138. The first-order chi connectivity index (χ1) is 6.63. The number of hydrogen-bond acceptors (Lipinski definition) is 3. The Labute approximate surface area is 85.8 Å². The number of anilines is 1. The molecule has 0 saturated heterocycles. The van der Waals surface area contributed by atoms with Crippen molar-refractivity contribution in [1.29, 1.82) is 0 Å². The minimum atomic E-state index is -0.490. The highest BCUT2D eigenvalue weighted by Gasteiger charge is 2.02. The molecule has 0 aliphatic rings. The molecule has 1 aromatic rings. The van der Waals surface area contributed by atoms with Gasteiger partial charge in [0, 0.05) is 5.69 Å². The smallest absolute Gasteiger partial charge is 0.325 e. The van der Waals surface area contributed by atoms with Gasteiger partial charge in [0.1, 0.15) is 12.4 Å². The van der Waals surface area contributed by atoms with Crippen LogP contribution in [-0.2, 0) is 9.53 Å². The number of halogens is 2. The summed E-state index contributed by atoms with van der Waals surface area (Å²) < 4.78 is 17.1. The summed E-state index contributed by atoms with van der Waals surface area (Å²) in [5.41, 5.74) is 0.571. The van der Waals surface area contributed by atoms with Gasteiger partial charge in [-0.25, -0.2) is 4.39 Å². The number of hydrogen-bond donors (Lipinski definition) is 1. The van der Waals surface area contributed by atoms with Crippen LogP contribution in [0.15, 0.2) is 18.2 Å². The summed E-state index contributed by atoms with van der Waals surface area (Å²) in [5, 5.41) is 2.75. The van der Waals surface area contributed by atoms with Gasteiger partial charge in [0.05, 0.1) is 12.1 Å². The molecule has 0 spiro atoms. The van der Waals surface area contributed by atoms with Gasteiger partial charge in [-0.1, -0.05) is 11.6 Å². The first-order valence-electron chi connectivity index (χ1n) is 3.89. The van der Waals surface area contributed by atoms with Crippen molar-refractivity contribution in [2.75, 3.05) is 19.0 Å². The van der Waals surface area contributed by atoms with E-state index in [1.165, 1.54) is 25.3 Å². The molecule has 14 heavy (non-hydrogen) atoms. The second-order valence-electron chi connectivity index (χ2n) is 2.56. The second-order valence-corrected chi connectivity index (χ2v) is 2.97. The molecular weight excluding hydrogens is 209 g/mol. The zero-order chi connectivity index (χ0) is 10.6. The molecule has 5 heteroatoms. The fourth-order valence-electron chi connectivity index (χ4n) is 0.852. The van der Waals surface area contributed by atoms with E-state index in [0.29, 0.717) is 5.69 Å². The molecule has 76 valence electrons. The van der Waals surface area contributed by atoms with Crippen molar-refractivity contribution in [1.82, 2.24) is 0 Å². The third-order valence-corrected chi connectivity index (χ3v) is 1.87. The van der Waals surface area contributed by atoms with Crippen molar-refractivity contribution in [3.8, 4) is 0 Å². The average Bonchev–Trinajstić information content (AvgIpc) is 2.19.